The summed E-state index contributed by atoms with van der Waals surface area (Å²) >= 11 is 5.79. The second-order valence-corrected chi connectivity index (χ2v) is 5.40. The Morgan fingerprint density at radius 1 is 1.37 bits per heavy atom. The lowest BCUT2D eigenvalue weighted by atomic mass is 9.99. The summed E-state index contributed by atoms with van der Waals surface area (Å²) in [6.07, 6.45) is 2.17. The second-order valence-electron chi connectivity index (χ2n) is 4.99. The molecule has 6 heteroatoms. The van der Waals surface area contributed by atoms with Crippen molar-refractivity contribution in [2.75, 3.05) is 5.32 Å². The van der Waals surface area contributed by atoms with E-state index in [1.807, 2.05) is 13.8 Å². The molecular formula is C13H17ClN2O3. The van der Waals surface area contributed by atoms with Gasteiger partial charge >= 0.3 is 0 Å². The fourth-order valence-corrected chi connectivity index (χ4v) is 2.69. The highest BCUT2D eigenvalue weighted by Crippen LogP contribution is 2.29. The van der Waals surface area contributed by atoms with Gasteiger partial charge in [-0.05, 0) is 38.8 Å². The zero-order valence-corrected chi connectivity index (χ0v) is 11.7. The minimum Gasteiger partial charge on any atom is -0.382 e. The molecule has 0 spiro atoms. The van der Waals surface area contributed by atoms with Gasteiger partial charge in [-0.2, -0.15) is 0 Å². The monoisotopic (exact) mass is 284 g/mol. The molecule has 1 heterocycles. The average molecular weight is 285 g/mol. The summed E-state index contributed by atoms with van der Waals surface area (Å²) in [5.74, 6) is 0. The molecule has 0 amide bonds. The van der Waals surface area contributed by atoms with Gasteiger partial charge in [-0.1, -0.05) is 11.6 Å². The number of hydrogen-bond acceptors (Lipinski definition) is 4. The van der Waals surface area contributed by atoms with E-state index in [2.05, 4.69) is 5.32 Å². The van der Waals surface area contributed by atoms with Crippen LogP contribution < -0.4 is 5.32 Å². The van der Waals surface area contributed by atoms with Gasteiger partial charge in [0.05, 0.1) is 17.1 Å². The number of nitro groups is 1. The quantitative estimate of drug-likeness (QED) is 0.680. The van der Waals surface area contributed by atoms with Crippen molar-refractivity contribution in [1.29, 1.82) is 0 Å². The number of anilines is 1. The van der Waals surface area contributed by atoms with Crippen molar-refractivity contribution in [2.24, 2.45) is 0 Å². The molecule has 0 aromatic heterocycles. The zero-order chi connectivity index (χ0) is 14.0. The molecule has 1 aromatic rings. The lowest BCUT2D eigenvalue weighted by molar-refractivity contribution is -0.384. The van der Waals surface area contributed by atoms with Crippen LogP contribution in [0.5, 0.6) is 0 Å². The first-order valence-corrected chi connectivity index (χ1v) is 6.69. The minimum absolute atomic E-state index is 0.0696. The number of hydrogen-bond donors (Lipinski definition) is 1. The number of rotatable bonds is 3. The van der Waals surface area contributed by atoms with E-state index in [4.69, 9.17) is 16.3 Å². The molecule has 2 atom stereocenters. The van der Waals surface area contributed by atoms with Gasteiger partial charge in [0, 0.05) is 17.8 Å². The van der Waals surface area contributed by atoms with E-state index >= 15 is 0 Å². The maximum Gasteiger partial charge on any atom is 0.289 e. The van der Waals surface area contributed by atoms with Crippen LogP contribution >= 0.6 is 11.6 Å². The van der Waals surface area contributed by atoms with Crippen LogP contribution in [-0.4, -0.2) is 23.2 Å². The van der Waals surface area contributed by atoms with Gasteiger partial charge in [-0.15, -0.1) is 0 Å². The maximum atomic E-state index is 10.8. The highest BCUT2D eigenvalue weighted by molar-refractivity contribution is 6.32. The van der Waals surface area contributed by atoms with Gasteiger partial charge in [0.1, 0.15) is 5.02 Å². The summed E-state index contributed by atoms with van der Waals surface area (Å²) < 4.78 is 5.67. The van der Waals surface area contributed by atoms with E-state index in [0.717, 1.165) is 18.5 Å². The van der Waals surface area contributed by atoms with Crippen LogP contribution in [0.1, 0.15) is 26.7 Å². The van der Waals surface area contributed by atoms with Gasteiger partial charge in [0.15, 0.2) is 0 Å². The van der Waals surface area contributed by atoms with Crippen LogP contribution in [0.2, 0.25) is 5.02 Å². The molecule has 19 heavy (non-hydrogen) atoms. The number of benzene rings is 1. The Hall–Kier alpha value is -1.33. The number of nitro benzene ring substituents is 1. The topological polar surface area (TPSA) is 64.4 Å². The number of ether oxygens (including phenoxy) is 1. The first-order valence-electron chi connectivity index (χ1n) is 6.31. The highest BCUT2D eigenvalue weighted by atomic mass is 35.5. The van der Waals surface area contributed by atoms with Gasteiger partial charge < -0.3 is 10.1 Å². The number of halogens is 1. The predicted octanol–water partition coefficient (Wildman–Crippen LogP) is 3.62. The van der Waals surface area contributed by atoms with Gasteiger partial charge in [0.25, 0.3) is 5.69 Å². The molecule has 5 nitrogen and oxygen atoms in total. The van der Waals surface area contributed by atoms with Crippen molar-refractivity contribution in [1.82, 2.24) is 0 Å². The highest BCUT2D eigenvalue weighted by Gasteiger charge is 2.24. The molecule has 1 N–H and O–H groups in total. The van der Waals surface area contributed by atoms with Crippen LogP contribution in [0.25, 0.3) is 0 Å². The molecule has 2 rings (SSSR count). The third kappa shape index (κ3) is 3.58. The van der Waals surface area contributed by atoms with Gasteiger partial charge in [-0.25, -0.2) is 0 Å². The summed E-state index contributed by atoms with van der Waals surface area (Å²) in [6.45, 7) is 4.07. The summed E-state index contributed by atoms with van der Waals surface area (Å²) in [7, 11) is 0. The smallest absolute Gasteiger partial charge is 0.289 e. The first-order chi connectivity index (χ1) is 8.95. The van der Waals surface area contributed by atoms with Gasteiger partial charge in [0.2, 0.25) is 0 Å². The van der Waals surface area contributed by atoms with E-state index in [1.165, 1.54) is 6.07 Å². The Kier molecular flexibility index (Phi) is 4.27. The lowest BCUT2D eigenvalue weighted by Gasteiger charge is -2.33. The molecule has 0 bridgehead atoms. The Balaban J connectivity index is 2.10. The molecule has 1 aromatic carbocycles. The molecule has 1 aliphatic rings. The standard InChI is InChI=1S/C13H17ClN2O3/c1-8-5-11(6-9(2)19-8)15-10-3-4-12(14)13(7-10)16(17)18/h3-4,7-9,11,15H,5-6H2,1-2H3. The first kappa shape index (κ1) is 14.1. The van der Waals surface area contributed by atoms with Crippen molar-refractivity contribution in [3.05, 3.63) is 33.3 Å². The fraction of sp³-hybridized carbons (Fsp3) is 0.538. The largest absolute Gasteiger partial charge is 0.382 e. The third-order valence-electron chi connectivity index (χ3n) is 3.21. The van der Waals surface area contributed by atoms with Crippen molar-refractivity contribution < 1.29 is 9.66 Å². The van der Waals surface area contributed by atoms with E-state index in [0.29, 0.717) is 0 Å². The van der Waals surface area contributed by atoms with Crippen LogP contribution in [0.15, 0.2) is 18.2 Å². The van der Waals surface area contributed by atoms with Crippen molar-refractivity contribution in [3.63, 3.8) is 0 Å². The van der Waals surface area contributed by atoms with Crippen molar-refractivity contribution in [3.8, 4) is 0 Å². The molecule has 0 saturated carbocycles. The molecule has 2 unspecified atom stereocenters. The van der Waals surface area contributed by atoms with Crippen molar-refractivity contribution in [2.45, 2.75) is 44.9 Å². The van der Waals surface area contributed by atoms with Gasteiger partial charge in [-0.3, -0.25) is 10.1 Å². The van der Waals surface area contributed by atoms with E-state index in [9.17, 15) is 10.1 Å². The Bertz CT molecular complexity index is 471. The average Bonchev–Trinajstić information content (AvgIpc) is 2.30. The summed E-state index contributed by atoms with van der Waals surface area (Å²) in [4.78, 5) is 10.4. The molecule has 104 valence electrons. The maximum absolute atomic E-state index is 10.8. The van der Waals surface area contributed by atoms with Crippen LogP contribution in [0.4, 0.5) is 11.4 Å². The van der Waals surface area contributed by atoms with Crippen LogP contribution in [-0.2, 0) is 4.74 Å². The normalized spacial score (nSPS) is 27.0. The van der Waals surface area contributed by atoms with E-state index < -0.39 is 4.92 Å². The Labute approximate surface area is 117 Å². The number of nitrogens with one attached hydrogen (secondary N) is 1. The van der Waals surface area contributed by atoms with Crippen LogP contribution in [0.3, 0.4) is 0 Å². The Morgan fingerprint density at radius 3 is 2.58 bits per heavy atom. The zero-order valence-electron chi connectivity index (χ0n) is 10.9. The summed E-state index contributed by atoms with van der Waals surface area (Å²) in [5, 5.41) is 14.3. The number of nitrogens with zero attached hydrogens (tertiary/aromatic N) is 1. The van der Waals surface area contributed by atoms with E-state index in [1.54, 1.807) is 12.1 Å². The third-order valence-corrected chi connectivity index (χ3v) is 3.53. The molecule has 0 radical (unpaired) electrons. The molecule has 0 aliphatic carbocycles. The SMILES string of the molecule is CC1CC(Nc2ccc(Cl)c([N+](=O)[O-])c2)CC(C)O1. The predicted molar refractivity (Wildman–Crippen MR) is 74.8 cm³/mol. The van der Waals surface area contributed by atoms with E-state index in [-0.39, 0.29) is 29.0 Å². The Morgan fingerprint density at radius 2 is 2.00 bits per heavy atom. The van der Waals surface area contributed by atoms with Crippen LogP contribution in [0, 0.1) is 10.1 Å². The summed E-state index contributed by atoms with van der Waals surface area (Å²) in [5.41, 5.74) is 0.655. The molecular weight excluding hydrogens is 268 g/mol. The fourth-order valence-electron chi connectivity index (χ4n) is 2.50. The second kappa shape index (κ2) is 5.75. The van der Waals surface area contributed by atoms with Crippen molar-refractivity contribution >= 4 is 23.0 Å². The molecule has 1 fully saturated rings. The summed E-state index contributed by atoms with van der Waals surface area (Å²) in [6, 6.07) is 5.06. The lowest BCUT2D eigenvalue weighted by Crippen LogP contribution is -2.36. The molecule has 1 saturated heterocycles. The minimum atomic E-state index is -0.469. The molecule has 1 aliphatic heterocycles.